The molecule has 9 heteroatoms. The number of hydrogen-bond donors (Lipinski definition) is 2. The minimum atomic E-state index is -1.01. The molecule has 4 N–H and O–H groups in total. The molecule has 9 nitrogen and oxygen atoms in total. The highest BCUT2D eigenvalue weighted by molar-refractivity contribution is 5.67. The first-order chi connectivity index (χ1) is 9.72. The molecule has 21 heavy (non-hydrogen) atoms. The summed E-state index contributed by atoms with van der Waals surface area (Å²) in [5.41, 5.74) is 11.5. The summed E-state index contributed by atoms with van der Waals surface area (Å²) in [6, 6.07) is -0.883. The monoisotopic (exact) mass is 304 g/mol. The Morgan fingerprint density at radius 3 is 1.95 bits per heavy atom. The number of ether oxygens (including phenoxy) is 4. The highest BCUT2D eigenvalue weighted by Gasteiger charge is 2.47. The molecule has 0 saturated carbocycles. The molecule has 1 heterocycles. The van der Waals surface area contributed by atoms with E-state index in [-0.39, 0.29) is 6.61 Å². The van der Waals surface area contributed by atoms with Crippen LogP contribution in [0.3, 0.4) is 0 Å². The van der Waals surface area contributed by atoms with Crippen molar-refractivity contribution in [1.29, 1.82) is 0 Å². The largest absolute Gasteiger partial charge is 0.463 e. The summed E-state index contributed by atoms with van der Waals surface area (Å²) in [5.74, 6) is -1.75. The molecular weight excluding hydrogens is 284 g/mol. The van der Waals surface area contributed by atoms with Crippen LogP contribution >= 0.6 is 0 Å². The van der Waals surface area contributed by atoms with Crippen LogP contribution < -0.4 is 11.5 Å². The van der Waals surface area contributed by atoms with Gasteiger partial charge in [-0.2, -0.15) is 0 Å². The van der Waals surface area contributed by atoms with Crippen molar-refractivity contribution in [1.82, 2.24) is 0 Å². The van der Waals surface area contributed by atoms with Gasteiger partial charge in [0.25, 0.3) is 0 Å². The molecule has 0 aromatic rings. The molecule has 1 aliphatic rings. The van der Waals surface area contributed by atoms with Crippen LogP contribution in [0.15, 0.2) is 0 Å². The van der Waals surface area contributed by atoms with E-state index in [1.54, 1.807) is 0 Å². The maximum atomic E-state index is 11.2. The lowest BCUT2D eigenvalue weighted by atomic mass is 9.96. The molecule has 1 rings (SSSR count). The van der Waals surface area contributed by atoms with Crippen LogP contribution in [0.25, 0.3) is 0 Å². The Bertz CT molecular complexity index is 414. The number of nitrogens with two attached hydrogens (primary N) is 2. The van der Waals surface area contributed by atoms with Crippen molar-refractivity contribution in [3.05, 3.63) is 0 Å². The quantitative estimate of drug-likeness (QED) is 0.465. The fraction of sp³-hybridized carbons (Fsp3) is 0.750. The van der Waals surface area contributed by atoms with Gasteiger partial charge in [-0.3, -0.25) is 14.4 Å². The average Bonchev–Trinajstić information content (AvgIpc) is 2.35. The van der Waals surface area contributed by atoms with Gasteiger partial charge in [0.1, 0.15) is 18.9 Å². The first-order valence-electron chi connectivity index (χ1n) is 6.36. The van der Waals surface area contributed by atoms with Gasteiger partial charge in [0, 0.05) is 20.8 Å². The lowest BCUT2D eigenvalue weighted by Gasteiger charge is -2.42. The van der Waals surface area contributed by atoms with E-state index in [1.807, 2.05) is 0 Å². The normalized spacial score (nSPS) is 32.1. The van der Waals surface area contributed by atoms with Crippen molar-refractivity contribution in [2.45, 2.75) is 51.4 Å². The Labute approximate surface area is 121 Å². The number of carbonyl (C=O) groups excluding carboxylic acids is 3. The molecule has 0 aliphatic carbocycles. The highest BCUT2D eigenvalue weighted by atomic mass is 16.6. The zero-order valence-corrected chi connectivity index (χ0v) is 12.1. The van der Waals surface area contributed by atoms with Crippen molar-refractivity contribution in [2.75, 3.05) is 6.61 Å². The average molecular weight is 304 g/mol. The highest BCUT2D eigenvalue weighted by Crippen LogP contribution is 2.23. The van der Waals surface area contributed by atoms with Crippen molar-refractivity contribution in [2.24, 2.45) is 11.5 Å². The fourth-order valence-electron chi connectivity index (χ4n) is 1.99. The third kappa shape index (κ3) is 4.96. The Balaban J connectivity index is 2.94. The van der Waals surface area contributed by atoms with Crippen LogP contribution in [0.2, 0.25) is 0 Å². The SMILES string of the molecule is CC(=O)OC[C@H]1O[C@@H](N)[C@H](N)[C@@H](OC(C)=O)[C@@H]1OC(C)=O. The molecule has 0 spiro atoms. The van der Waals surface area contributed by atoms with E-state index in [0.29, 0.717) is 0 Å². The maximum Gasteiger partial charge on any atom is 0.303 e. The summed E-state index contributed by atoms with van der Waals surface area (Å²) in [5, 5.41) is 0. The summed E-state index contributed by atoms with van der Waals surface area (Å²) < 4.78 is 20.4. The minimum absolute atomic E-state index is 0.203. The minimum Gasteiger partial charge on any atom is -0.463 e. The van der Waals surface area contributed by atoms with Crippen molar-refractivity contribution in [3.8, 4) is 0 Å². The Hall–Kier alpha value is -1.71. The second-order valence-electron chi connectivity index (χ2n) is 4.67. The first-order valence-corrected chi connectivity index (χ1v) is 6.36. The molecule has 0 radical (unpaired) electrons. The van der Waals surface area contributed by atoms with E-state index in [1.165, 1.54) is 20.8 Å². The third-order valence-electron chi connectivity index (χ3n) is 2.84. The predicted molar refractivity (Wildman–Crippen MR) is 68.6 cm³/mol. The third-order valence-corrected chi connectivity index (χ3v) is 2.84. The van der Waals surface area contributed by atoms with Gasteiger partial charge in [-0.05, 0) is 0 Å². The van der Waals surface area contributed by atoms with E-state index in [2.05, 4.69) is 0 Å². The Kier molecular flexibility index (Phi) is 6.06. The lowest BCUT2D eigenvalue weighted by Crippen LogP contribution is -2.66. The van der Waals surface area contributed by atoms with Crippen LogP contribution in [-0.4, -0.2) is 55.1 Å². The van der Waals surface area contributed by atoms with E-state index in [9.17, 15) is 14.4 Å². The summed E-state index contributed by atoms with van der Waals surface area (Å²) in [6.07, 6.45) is -3.84. The van der Waals surface area contributed by atoms with E-state index in [0.717, 1.165) is 0 Å². The molecule has 1 aliphatic heterocycles. The topological polar surface area (TPSA) is 140 Å². The van der Waals surface area contributed by atoms with Crippen LogP contribution in [0.4, 0.5) is 0 Å². The Morgan fingerprint density at radius 2 is 1.48 bits per heavy atom. The van der Waals surface area contributed by atoms with Crippen molar-refractivity contribution in [3.63, 3.8) is 0 Å². The molecule has 0 bridgehead atoms. The zero-order chi connectivity index (χ0) is 16.2. The first kappa shape index (κ1) is 17.3. The van der Waals surface area contributed by atoms with Crippen molar-refractivity contribution < 1.29 is 33.3 Å². The fourth-order valence-corrected chi connectivity index (χ4v) is 1.99. The van der Waals surface area contributed by atoms with Gasteiger partial charge in [0.2, 0.25) is 0 Å². The summed E-state index contributed by atoms with van der Waals surface area (Å²) >= 11 is 0. The Morgan fingerprint density at radius 1 is 0.952 bits per heavy atom. The van der Waals surface area contributed by atoms with Gasteiger partial charge in [-0.15, -0.1) is 0 Å². The number of carbonyl (C=O) groups is 3. The molecule has 0 amide bonds. The van der Waals surface area contributed by atoms with Crippen molar-refractivity contribution >= 4 is 17.9 Å². The molecular formula is C12H20N2O7. The zero-order valence-electron chi connectivity index (χ0n) is 12.1. The molecule has 120 valence electrons. The standard InChI is InChI=1S/C12H20N2O7/c1-5(15)18-4-8-10(19-6(2)16)11(20-7(3)17)9(13)12(14)21-8/h8-12H,4,13-14H2,1-3H3/t8-,9-,10-,11-,12-/m1/s1. The molecule has 5 atom stereocenters. The molecule has 1 fully saturated rings. The summed E-state index contributed by atoms with van der Waals surface area (Å²) in [6.45, 7) is 3.40. The lowest BCUT2D eigenvalue weighted by molar-refractivity contribution is -0.219. The van der Waals surface area contributed by atoms with Crippen LogP contribution in [-0.2, 0) is 33.3 Å². The number of esters is 3. The molecule has 0 aromatic heterocycles. The number of hydrogen-bond acceptors (Lipinski definition) is 9. The van der Waals surface area contributed by atoms with Crippen LogP contribution in [0.5, 0.6) is 0 Å². The van der Waals surface area contributed by atoms with Gasteiger partial charge in [0.05, 0.1) is 6.04 Å². The summed E-state index contributed by atoms with van der Waals surface area (Å²) in [4.78, 5) is 33.3. The molecule has 0 unspecified atom stereocenters. The van der Waals surface area contributed by atoms with Gasteiger partial charge < -0.3 is 30.4 Å². The predicted octanol–water partition coefficient (Wildman–Crippen LogP) is -1.58. The van der Waals surface area contributed by atoms with Gasteiger partial charge in [-0.1, -0.05) is 0 Å². The van der Waals surface area contributed by atoms with Gasteiger partial charge >= 0.3 is 17.9 Å². The second-order valence-corrected chi connectivity index (χ2v) is 4.67. The van der Waals surface area contributed by atoms with E-state index in [4.69, 9.17) is 30.4 Å². The van der Waals surface area contributed by atoms with Gasteiger partial charge in [0.15, 0.2) is 12.2 Å². The molecule has 1 saturated heterocycles. The maximum absolute atomic E-state index is 11.2. The van der Waals surface area contributed by atoms with Crippen LogP contribution in [0, 0.1) is 0 Å². The van der Waals surface area contributed by atoms with E-state index < -0.39 is 48.5 Å². The van der Waals surface area contributed by atoms with Gasteiger partial charge in [-0.25, -0.2) is 0 Å². The van der Waals surface area contributed by atoms with Crippen LogP contribution in [0.1, 0.15) is 20.8 Å². The smallest absolute Gasteiger partial charge is 0.303 e. The number of rotatable bonds is 4. The second kappa shape index (κ2) is 7.34. The van der Waals surface area contributed by atoms with E-state index >= 15 is 0 Å². The summed E-state index contributed by atoms with van der Waals surface area (Å²) in [7, 11) is 0. The molecule has 0 aromatic carbocycles.